The molecule has 0 aliphatic heterocycles. The third kappa shape index (κ3) is 2.33. The van der Waals surface area contributed by atoms with Crippen LogP contribution in [0.2, 0.25) is 0 Å². The van der Waals surface area contributed by atoms with Gasteiger partial charge in [0.05, 0.1) is 0 Å². The molecule has 0 heterocycles. The third-order valence-electron chi connectivity index (χ3n) is 2.14. The first-order valence-electron chi connectivity index (χ1n) is 4.02. The fraction of sp³-hybridized carbons (Fsp3) is 0.875. The number of thiol groups is 1. The lowest BCUT2D eigenvalue weighted by atomic mass is 10.0. The molecule has 1 atom stereocenters. The quantitative estimate of drug-likeness (QED) is 0.410. The van der Waals surface area contributed by atoms with Crippen molar-refractivity contribution in [2.75, 3.05) is 0 Å². The summed E-state index contributed by atoms with van der Waals surface area (Å²) in [4.78, 5) is 0. The summed E-state index contributed by atoms with van der Waals surface area (Å²) in [7, 11) is 0. The highest BCUT2D eigenvalue weighted by Gasteiger charge is 2.11. The van der Waals surface area contributed by atoms with Crippen LogP contribution in [0.4, 0.5) is 0 Å². The lowest BCUT2D eigenvalue weighted by Gasteiger charge is -2.04. The minimum absolute atomic E-state index is 0.827. The Labute approximate surface area is 68.5 Å². The molecule has 0 saturated heterocycles. The molecule has 1 saturated carbocycles. The van der Waals surface area contributed by atoms with Gasteiger partial charge < -0.3 is 0 Å². The van der Waals surface area contributed by atoms with Crippen molar-refractivity contribution < 1.29 is 0 Å². The van der Waals surface area contributed by atoms with Crippen LogP contribution in [0.25, 0.3) is 0 Å². The van der Waals surface area contributed by atoms with Gasteiger partial charge in [0.25, 0.3) is 0 Å². The van der Waals surface area contributed by atoms with E-state index < -0.39 is 0 Å². The second-order valence-electron chi connectivity index (χ2n) is 3.22. The van der Waals surface area contributed by atoms with Crippen LogP contribution in [0, 0.1) is 5.92 Å². The summed E-state index contributed by atoms with van der Waals surface area (Å²) in [5.41, 5.74) is 1.30. The molecule has 10 heavy (non-hydrogen) atoms. The lowest BCUT2D eigenvalue weighted by Crippen LogP contribution is -2.00. The van der Waals surface area contributed by atoms with Crippen molar-refractivity contribution in [1.29, 1.82) is 0 Å². The van der Waals surface area contributed by atoms with Crippen molar-refractivity contribution in [2.24, 2.45) is 10.3 Å². The number of hydrogen-bond donors (Lipinski definition) is 1. The average Bonchev–Trinajstić information content (AvgIpc) is 2.13. The maximum absolute atomic E-state index is 3.97. The topological polar surface area (TPSA) is 12.4 Å². The molecule has 0 N–H and O–H groups in total. The Bertz CT molecular complexity index is 131. The Morgan fingerprint density at radius 1 is 1.50 bits per heavy atom. The molecule has 0 spiro atoms. The summed E-state index contributed by atoms with van der Waals surface area (Å²) in [6.45, 7) is 2.30. The highest BCUT2D eigenvalue weighted by atomic mass is 32.1. The van der Waals surface area contributed by atoms with Gasteiger partial charge in [-0.2, -0.15) is 0 Å². The van der Waals surface area contributed by atoms with Crippen LogP contribution < -0.4 is 0 Å². The standard InChI is InChI=1S/C8H15NS/c1-7-4-2-3-5-8(6-7)9-10/h7,10H,2-6H2,1H3. The van der Waals surface area contributed by atoms with Crippen LogP contribution >= 0.6 is 12.8 Å². The van der Waals surface area contributed by atoms with E-state index in [9.17, 15) is 0 Å². The first kappa shape index (κ1) is 8.12. The molecule has 0 aromatic rings. The van der Waals surface area contributed by atoms with Gasteiger partial charge in [-0.3, -0.25) is 0 Å². The molecule has 0 radical (unpaired) electrons. The number of hydrogen-bond acceptors (Lipinski definition) is 2. The first-order chi connectivity index (χ1) is 4.83. The fourth-order valence-corrected chi connectivity index (χ4v) is 1.70. The second kappa shape index (κ2) is 4.02. The maximum Gasteiger partial charge on any atom is 0.0262 e. The van der Waals surface area contributed by atoms with E-state index in [-0.39, 0.29) is 0 Å². The van der Waals surface area contributed by atoms with Crippen LogP contribution in [0.5, 0.6) is 0 Å². The Kier molecular flexibility index (Phi) is 3.26. The summed E-state index contributed by atoms with van der Waals surface area (Å²) in [5, 5.41) is 0. The Morgan fingerprint density at radius 2 is 2.30 bits per heavy atom. The molecule has 58 valence electrons. The second-order valence-corrected chi connectivity index (χ2v) is 3.42. The molecule has 1 aliphatic rings. The fourth-order valence-electron chi connectivity index (χ4n) is 1.52. The zero-order chi connectivity index (χ0) is 7.40. The molecule has 1 unspecified atom stereocenters. The Balaban J connectivity index is 2.46. The summed E-state index contributed by atoms with van der Waals surface area (Å²) >= 11 is 3.94. The molecule has 0 amide bonds. The van der Waals surface area contributed by atoms with Gasteiger partial charge in [-0.15, -0.1) is 0 Å². The Hall–Kier alpha value is 0.0200. The van der Waals surface area contributed by atoms with E-state index in [4.69, 9.17) is 0 Å². The lowest BCUT2D eigenvalue weighted by molar-refractivity contribution is 0.541. The van der Waals surface area contributed by atoms with E-state index in [1.165, 1.54) is 37.8 Å². The van der Waals surface area contributed by atoms with Crippen LogP contribution in [0.3, 0.4) is 0 Å². The molecule has 1 fully saturated rings. The van der Waals surface area contributed by atoms with E-state index in [1.54, 1.807) is 0 Å². The van der Waals surface area contributed by atoms with Crippen LogP contribution in [-0.2, 0) is 0 Å². The summed E-state index contributed by atoms with van der Waals surface area (Å²) in [6, 6.07) is 0. The summed E-state index contributed by atoms with van der Waals surface area (Å²) < 4.78 is 3.97. The predicted octanol–water partition coefficient (Wildman–Crippen LogP) is 2.87. The zero-order valence-electron chi connectivity index (χ0n) is 6.51. The van der Waals surface area contributed by atoms with E-state index in [2.05, 4.69) is 24.1 Å². The monoisotopic (exact) mass is 157 g/mol. The van der Waals surface area contributed by atoms with Gasteiger partial charge in [0.15, 0.2) is 0 Å². The molecular formula is C8H15NS. The predicted molar refractivity (Wildman–Crippen MR) is 48.7 cm³/mol. The van der Waals surface area contributed by atoms with Crippen molar-refractivity contribution in [3.8, 4) is 0 Å². The Morgan fingerprint density at radius 3 is 3.00 bits per heavy atom. The highest BCUT2D eigenvalue weighted by molar-refractivity contribution is 7.79. The van der Waals surface area contributed by atoms with E-state index in [0.717, 1.165) is 5.92 Å². The van der Waals surface area contributed by atoms with Gasteiger partial charge in [0.2, 0.25) is 0 Å². The van der Waals surface area contributed by atoms with Crippen molar-refractivity contribution >= 4 is 18.5 Å². The molecule has 0 aromatic carbocycles. The van der Waals surface area contributed by atoms with Crippen molar-refractivity contribution in [3.63, 3.8) is 0 Å². The zero-order valence-corrected chi connectivity index (χ0v) is 7.40. The number of rotatable bonds is 0. The van der Waals surface area contributed by atoms with Gasteiger partial charge in [0.1, 0.15) is 0 Å². The van der Waals surface area contributed by atoms with Gasteiger partial charge in [-0.25, -0.2) is 4.40 Å². The van der Waals surface area contributed by atoms with Crippen molar-refractivity contribution in [1.82, 2.24) is 0 Å². The van der Waals surface area contributed by atoms with Crippen LogP contribution in [0.15, 0.2) is 4.40 Å². The molecule has 0 aromatic heterocycles. The largest absolute Gasteiger partial charge is 0.229 e. The van der Waals surface area contributed by atoms with E-state index >= 15 is 0 Å². The van der Waals surface area contributed by atoms with Gasteiger partial charge in [0, 0.05) is 5.71 Å². The molecule has 2 heteroatoms. The molecule has 0 bridgehead atoms. The van der Waals surface area contributed by atoms with E-state index in [0.29, 0.717) is 0 Å². The smallest absolute Gasteiger partial charge is 0.0262 e. The maximum atomic E-state index is 3.97. The van der Waals surface area contributed by atoms with Crippen LogP contribution in [0.1, 0.15) is 39.0 Å². The molecule has 1 rings (SSSR count). The third-order valence-corrected chi connectivity index (χ3v) is 2.42. The highest BCUT2D eigenvalue weighted by Crippen LogP contribution is 2.20. The SMILES string of the molecule is CC1CCCCC(=NS)C1. The first-order valence-corrected chi connectivity index (χ1v) is 4.42. The minimum Gasteiger partial charge on any atom is -0.229 e. The van der Waals surface area contributed by atoms with Crippen LogP contribution in [-0.4, -0.2) is 5.71 Å². The molecule has 1 aliphatic carbocycles. The summed E-state index contributed by atoms with van der Waals surface area (Å²) in [6.07, 6.45) is 6.39. The minimum atomic E-state index is 0.827. The van der Waals surface area contributed by atoms with E-state index in [1.807, 2.05) is 0 Å². The van der Waals surface area contributed by atoms with Gasteiger partial charge in [-0.1, -0.05) is 19.8 Å². The van der Waals surface area contributed by atoms with Crippen molar-refractivity contribution in [2.45, 2.75) is 39.0 Å². The van der Waals surface area contributed by atoms with Gasteiger partial charge >= 0.3 is 0 Å². The molecule has 1 nitrogen and oxygen atoms in total. The molecular weight excluding hydrogens is 142 g/mol. The normalized spacial score (nSPS) is 32.2. The summed E-state index contributed by atoms with van der Waals surface area (Å²) in [5.74, 6) is 0.827. The van der Waals surface area contributed by atoms with Gasteiger partial charge in [-0.05, 0) is 38.0 Å². The van der Waals surface area contributed by atoms with Crippen molar-refractivity contribution in [3.05, 3.63) is 0 Å². The average molecular weight is 157 g/mol. The number of nitrogens with zero attached hydrogens (tertiary/aromatic N) is 1.